The van der Waals surface area contributed by atoms with Gasteiger partial charge >= 0.3 is 0 Å². The van der Waals surface area contributed by atoms with Crippen LogP contribution in [0, 0.1) is 0 Å². The predicted molar refractivity (Wildman–Crippen MR) is 145 cm³/mol. The lowest BCUT2D eigenvalue weighted by atomic mass is 10.1. The maximum Gasteiger partial charge on any atom is 0.248 e. The first-order valence-corrected chi connectivity index (χ1v) is 14.3. The average Bonchev–Trinajstić information content (AvgIpc) is 3.29. The molecule has 1 aromatic carbocycles. The molecule has 4 nitrogen and oxygen atoms in total. The van der Waals surface area contributed by atoms with Gasteiger partial charge < -0.3 is 0 Å². The van der Waals surface area contributed by atoms with Gasteiger partial charge in [0, 0.05) is 6.42 Å². The SMILES string of the molecule is CCCCCCCCCCC/C=C/CCCCCCCCCCC(=O)n1nnc2ccccc21. The number of para-hydroxylation sites is 1. The molecule has 0 fully saturated rings. The Balaban J connectivity index is 1.31. The largest absolute Gasteiger partial charge is 0.273 e. The van der Waals surface area contributed by atoms with Gasteiger partial charge in [0.15, 0.2) is 0 Å². The smallest absolute Gasteiger partial charge is 0.248 e. The number of hydrogen-bond donors (Lipinski definition) is 0. The van der Waals surface area contributed by atoms with Crippen LogP contribution in [0.5, 0.6) is 0 Å². The number of aromatic nitrogens is 3. The van der Waals surface area contributed by atoms with E-state index in [0.717, 1.165) is 23.9 Å². The number of nitrogens with zero attached hydrogens (tertiary/aromatic N) is 3. The van der Waals surface area contributed by atoms with Gasteiger partial charge in [-0.2, -0.15) is 4.68 Å². The predicted octanol–water partition coefficient (Wildman–Crippen LogP) is 9.45. The molecule has 2 rings (SSSR count). The number of allylic oxidation sites excluding steroid dienone is 2. The number of benzene rings is 1. The lowest BCUT2D eigenvalue weighted by molar-refractivity contribution is 0.0886. The van der Waals surface area contributed by atoms with Crippen molar-refractivity contribution >= 4 is 16.9 Å². The van der Waals surface area contributed by atoms with Crippen LogP contribution >= 0.6 is 0 Å². The first-order valence-electron chi connectivity index (χ1n) is 14.3. The first-order chi connectivity index (χ1) is 16.8. The zero-order chi connectivity index (χ0) is 24.1. The van der Waals surface area contributed by atoms with Crippen molar-refractivity contribution in [1.82, 2.24) is 15.0 Å². The van der Waals surface area contributed by atoms with Crippen molar-refractivity contribution in [2.24, 2.45) is 0 Å². The third-order valence-electron chi connectivity index (χ3n) is 6.74. The van der Waals surface area contributed by atoms with Gasteiger partial charge in [0.2, 0.25) is 5.91 Å². The van der Waals surface area contributed by atoms with E-state index in [1.165, 1.54) is 114 Å². The van der Waals surface area contributed by atoms with Crippen molar-refractivity contribution in [3.8, 4) is 0 Å². The molecule has 0 saturated heterocycles. The molecule has 0 aliphatic rings. The Morgan fingerprint density at radius 3 is 1.79 bits per heavy atom. The molecule has 0 atom stereocenters. The number of hydrogen-bond acceptors (Lipinski definition) is 3. The van der Waals surface area contributed by atoms with E-state index in [-0.39, 0.29) is 5.91 Å². The first kappa shape index (κ1) is 28.3. The normalized spacial score (nSPS) is 11.7. The van der Waals surface area contributed by atoms with Crippen LogP contribution in [-0.2, 0) is 0 Å². The number of carbonyl (C=O) groups excluding carboxylic acids is 1. The Labute approximate surface area is 208 Å². The van der Waals surface area contributed by atoms with Crippen LogP contribution in [0.2, 0.25) is 0 Å². The number of unbranched alkanes of at least 4 members (excludes halogenated alkanes) is 17. The van der Waals surface area contributed by atoms with E-state index >= 15 is 0 Å². The standard InChI is InChI=1S/C30H49N3O/c1-2-3-4-5-6-7-8-9-10-11-12-13-14-15-16-17-18-19-20-21-22-27-30(34)33-29-26-24-23-25-28(29)31-32-33/h12-13,23-26H,2-11,14-22,27H2,1H3/b13-12+. The minimum atomic E-state index is 0.0551. The van der Waals surface area contributed by atoms with Gasteiger partial charge in [-0.1, -0.05) is 126 Å². The summed E-state index contributed by atoms with van der Waals surface area (Å²) in [4.78, 5) is 12.4. The zero-order valence-electron chi connectivity index (χ0n) is 21.9. The Hall–Kier alpha value is -1.97. The molecule has 0 saturated carbocycles. The topological polar surface area (TPSA) is 47.8 Å². The number of rotatable bonds is 21. The molecule has 0 aliphatic heterocycles. The third-order valence-corrected chi connectivity index (χ3v) is 6.74. The summed E-state index contributed by atoms with van der Waals surface area (Å²) in [6, 6.07) is 7.63. The molecule has 2 aromatic rings. The van der Waals surface area contributed by atoms with Crippen LogP contribution in [0.3, 0.4) is 0 Å². The summed E-state index contributed by atoms with van der Waals surface area (Å²) in [6.07, 6.45) is 30.5. The van der Waals surface area contributed by atoms with Crippen LogP contribution in [0.4, 0.5) is 0 Å². The number of fused-ring (bicyclic) bond motifs is 1. The fourth-order valence-electron chi connectivity index (χ4n) is 4.57. The van der Waals surface area contributed by atoms with Gasteiger partial charge in [0.05, 0.1) is 5.52 Å². The Morgan fingerprint density at radius 1 is 0.706 bits per heavy atom. The third kappa shape index (κ3) is 12.5. The van der Waals surface area contributed by atoms with Gasteiger partial charge in [-0.25, -0.2) is 0 Å². The molecule has 190 valence electrons. The van der Waals surface area contributed by atoms with Crippen LogP contribution < -0.4 is 0 Å². The minimum absolute atomic E-state index is 0.0551. The molecule has 0 unspecified atom stereocenters. The van der Waals surface area contributed by atoms with Crippen LogP contribution in [0.15, 0.2) is 36.4 Å². The Bertz CT molecular complexity index is 795. The van der Waals surface area contributed by atoms with Crippen LogP contribution in [0.1, 0.15) is 140 Å². The summed E-state index contributed by atoms with van der Waals surface area (Å²) in [6.45, 7) is 2.29. The van der Waals surface area contributed by atoms with E-state index in [0.29, 0.717) is 6.42 Å². The van der Waals surface area contributed by atoms with E-state index in [4.69, 9.17) is 0 Å². The average molecular weight is 468 g/mol. The molecule has 1 aromatic heterocycles. The van der Waals surface area contributed by atoms with Gasteiger partial charge in [-0.3, -0.25) is 4.79 Å². The molecule has 0 amide bonds. The fourth-order valence-corrected chi connectivity index (χ4v) is 4.57. The molecule has 0 N–H and O–H groups in total. The monoisotopic (exact) mass is 467 g/mol. The summed E-state index contributed by atoms with van der Waals surface area (Å²) in [5.74, 6) is 0.0551. The van der Waals surface area contributed by atoms with Gasteiger partial charge in [0.1, 0.15) is 5.52 Å². The van der Waals surface area contributed by atoms with Crippen molar-refractivity contribution in [2.75, 3.05) is 0 Å². The summed E-state index contributed by atoms with van der Waals surface area (Å²) in [5, 5.41) is 8.08. The summed E-state index contributed by atoms with van der Waals surface area (Å²) in [5.41, 5.74) is 1.59. The van der Waals surface area contributed by atoms with Crippen molar-refractivity contribution < 1.29 is 4.79 Å². The highest BCUT2D eigenvalue weighted by Gasteiger charge is 2.10. The van der Waals surface area contributed by atoms with Crippen LogP contribution in [0.25, 0.3) is 11.0 Å². The lowest BCUT2D eigenvalue weighted by Crippen LogP contribution is -2.12. The highest BCUT2D eigenvalue weighted by molar-refractivity contribution is 5.88. The number of carbonyl (C=O) groups is 1. The van der Waals surface area contributed by atoms with Crippen molar-refractivity contribution in [2.45, 2.75) is 135 Å². The van der Waals surface area contributed by atoms with Crippen LogP contribution in [-0.4, -0.2) is 20.9 Å². The second kappa shape index (κ2) is 19.3. The second-order valence-electron chi connectivity index (χ2n) is 9.84. The van der Waals surface area contributed by atoms with Crippen molar-refractivity contribution in [1.29, 1.82) is 0 Å². The minimum Gasteiger partial charge on any atom is -0.273 e. The Kier molecular flexibility index (Phi) is 16.1. The second-order valence-corrected chi connectivity index (χ2v) is 9.84. The zero-order valence-corrected chi connectivity index (χ0v) is 21.9. The molecule has 0 radical (unpaired) electrons. The van der Waals surface area contributed by atoms with Gasteiger partial charge in [-0.15, -0.1) is 5.10 Å². The maximum absolute atomic E-state index is 12.4. The fraction of sp³-hybridized carbons (Fsp3) is 0.700. The molecule has 0 spiro atoms. The van der Waals surface area contributed by atoms with Gasteiger partial charge in [0.25, 0.3) is 0 Å². The highest BCUT2D eigenvalue weighted by atomic mass is 16.2. The summed E-state index contributed by atoms with van der Waals surface area (Å²) >= 11 is 0. The maximum atomic E-state index is 12.4. The molecule has 34 heavy (non-hydrogen) atoms. The van der Waals surface area contributed by atoms with E-state index in [1.54, 1.807) is 0 Å². The van der Waals surface area contributed by atoms with E-state index < -0.39 is 0 Å². The molecule has 0 bridgehead atoms. The van der Waals surface area contributed by atoms with Crippen molar-refractivity contribution in [3.05, 3.63) is 36.4 Å². The summed E-state index contributed by atoms with van der Waals surface area (Å²) < 4.78 is 1.46. The molecule has 1 heterocycles. The highest BCUT2D eigenvalue weighted by Crippen LogP contribution is 2.14. The van der Waals surface area contributed by atoms with Gasteiger partial charge in [-0.05, 0) is 44.2 Å². The van der Waals surface area contributed by atoms with Crippen molar-refractivity contribution in [3.63, 3.8) is 0 Å². The molecule has 4 heteroatoms. The quantitative estimate of drug-likeness (QED) is 0.136. The van der Waals surface area contributed by atoms with E-state index in [9.17, 15) is 4.79 Å². The molecular formula is C30H49N3O. The Morgan fingerprint density at radius 2 is 1.21 bits per heavy atom. The molecule has 0 aliphatic carbocycles. The molecular weight excluding hydrogens is 418 g/mol. The summed E-state index contributed by atoms with van der Waals surface area (Å²) in [7, 11) is 0. The lowest BCUT2D eigenvalue weighted by Gasteiger charge is -2.03. The van der Waals surface area contributed by atoms with E-state index in [2.05, 4.69) is 29.4 Å². The van der Waals surface area contributed by atoms with E-state index in [1.807, 2.05) is 24.3 Å².